The summed E-state index contributed by atoms with van der Waals surface area (Å²) in [7, 11) is 0. The fourth-order valence-electron chi connectivity index (χ4n) is 2.76. The van der Waals surface area contributed by atoms with E-state index in [1.165, 1.54) is 0 Å². The zero-order chi connectivity index (χ0) is 15.2. The minimum absolute atomic E-state index is 0.0425. The number of rotatable bonds is 6. The van der Waals surface area contributed by atoms with Crippen LogP contribution in [0.1, 0.15) is 18.9 Å². The van der Waals surface area contributed by atoms with Gasteiger partial charge in [0.25, 0.3) is 0 Å². The Morgan fingerprint density at radius 2 is 2.14 bits per heavy atom. The molecule has 1 aromatic carbocycles. The predicted molar refractivity (Wildman–Crippen MR) is 82.8 cm³/mol. The van der Waals surface area contributed by atoms with Crippen molar-refractivity contribution in [3.8, 4) is 0 Å². The average Bonchev–Trinajstić information content (AvgIpc) is 2.50. The van der Waals surface area contributed by atoms with Gasteiger partial charge in [-0.1, -0.05) is 37.3 Å². The molecular formula is C16H25N3O2. The lowest BCUT2D eigenvalue weighted by atomic mass is 9.95. The summed E-state index contributed by atoms with van der Waals surface area (Å²) in [5, 5.41) is 13.5. The third kappa shape index (κ3) is 4.03. The Labute approximate surface area is 126 Å². The first-order valence-electron chi connectivity index (χ1n) is 7.63. The highest BCUT2D eigenvalue weighted by atomic mass is 16.3. The molecule has 0 aromatic heterocycles. The highest BCUT2D eigenvalue weighted by Gasteiger charge is 2.36. The van der Waals surface area contributed by atoms with E-state index in [4.69, 9.17) is 5.73 Å². The topological polar surface area (TPSA) is 78.6 Å². The van der Waals surface area contributed by atoms with E-state index in [1.807, 2.05) is 37.3 Å². The van der Waals surface area contributed by atoms with Crippen molar-refractivity contribution in [1.82, 2.24) is 10.2 Å². The van der Waals surface area contributed by atoms with Crippen LogP contribution in [0.15, 0.2) is 30.3 Å². The second kappa shape index (κ2) is 7.54. The molecule has 1 saturated heterocycles. The molecule has 21 heavy (non-hydrogen) atoms. The molecule has 0 radical (unpaired) electrons. The Balaban J connectivity index is 1.97. The molecule has 5 heteroatoms. The molecule has 3 atom stereocenters. The fourth-order valence-corrected chi connectivity index (χ4v) is 2.76. The Bertz CT molecular complexity index is 450. The van der Waals surface area contributed by atoms with Gasteiger partial charge < -0.3 is 21.1 Å². The largest absolute Gasteiger partial charge is 0.389 e. The molecular weight excluding hydrogens is 266 g/mol. The van der Waals surface area contributed by atoms with Gasteiger partial charge in [0.1, 0.15) is 6.04 Å². The van der Waals surface area contributed by atoms with Crippen LogP contribution < -0.4 is 11.1 Å². The van der Waals surface area contributed by atoms with Gasteiger partial charge in [-0.3, -0.25) is 4.79 Å². The van der Waals surface area contributed by atoms with Gasteiger partial charge in [-0.05, 0) is 18.4 Å². The van der Waals surface area contributed by atoms with E-state index in [-0.39, 0.29) is 5.91 Å². The molecule has 1 amide bonds. The van der Waals surface area contributed by atoms with Gasteiger partial charge >= 0.3 is 0 Å². The van der Waals surface area contributed by atoms with E-state index in [1.54, 1.807) is 4.90 Å². The van der Waals surface area contributed by atoms with Crippen LogP contribution in [0.3, 0.4) is 0 Å². The maximum Gasteiger partial charge on any atom is 0.242 e. The summed E-state index contributed by atoms with van der Waals surface area (Å²) in [4.78, 5) is 14.2. The van der Waals surface area contributed by atoms with Crippen molar-refractivity contribution in [2.24, 2.45) is 5.73 Å². The van der Waals surface area contributed by atoms with Crippen LogP contribution in [0.4, 0.5) is 0 Å². The summed E-state index contributed by atoms with van der Waals surface area (Å²) in [6.07, 6.45) is 0.601. The number of amides is 1. The van der Waals surface area contributed by atoms with Crippen LogP contribution in [0.5, 0.6) is 0 Å². The first kappa shape index (κ1) is 15.9. The van der Waals surface area contributed by atoms with Crippen LogP contribution >= 0.6 is 0 Å². The van der Waals surface area contributed by atoms with Gasteiger partial charge in [0.2, 0.25) is 5.91 Å². The maximum absolute atomic E-state index is 12.4. The zero-order valence-corrected chi connectivity index (χ0v) is 12.5. The van der Waals surface area contributed by atoms with Gasteiger partial charge in [0, 0.05) is 25.7 Å². The first-order valence-corrected chi connectivity index (χ1v) is 7.63. The number of piperazine rings is 1. The van der Waals surface area contributed by atoms with Crippen molar-refractivity contribution in [3.05, 3.63) is 35.9 Å². The van der Waals surface area contributed by atoms with E-state index in [0.717, 1.165) is 18.5 Å². The number of aliphatic hydroxyl groups excluding tert-OH is 1. The Morgan fingerprint density at radius 3 is 2.81 bits per heavy atom. The Kier molecular flexibility index (Phi) is 5.73. The molecule has 1 fully saturated rings. The highest BCUT2D eigenvalue weighted by molar-refractivity contribution is 5.83. The van der Waals surface area contributed by atoms with Crippen molar-refractivity contribution in [3.63, 3.8) is 0 Å². The number of nitrogens with two attached hydrogens (primary N) is 1. The van der Waals surface area contributed by atoms with Gasteiger partial charge in [0.05, 0.1) is 6.10 Å². The van der Waals surface area contributed by atoms with Crippen LogP contribution in [0, 0.1) is 0 Å². The number of hydrogen-bond acceptors (Lipinski definition) is 4. The van der Waals surface area contributed by atoms with Gasteiger partial charge in [-0.15, -0.1) is 0 Å². The number of nitrogens with one attached hydrogen (secondary N) is 1. The standard InChI is InChI=1S/C16H25N3O2/c1-2-9-19-10-8-18-14(16(19)21)15(20)13(17)11-12-6-4-3-5-7-12/h3-7,13-15,18,20H,2,8-11,17H2,1H3/t13-,14-,15-/m0/s1. The molecule has 116 valence electrons. The molecule has 0 unspecified atom stereocenters. The summed E-state index contributed by atoms with van der Waals surface area (Å²) in [5.74, 6) is -0.0425. The molecule has 0 spiro atoms. The van der Waals surface area contributed by atoms with E-state index >= 15 is 0 Å². The monoisotopic (exact) mass is 291 g/mol. The van der Waals surface area contributed by atoms with Gasteiger partial charge in [0.15, 0.2) is 0 Å². The maximum atomic E-state index is 12.4. The van der Waals surface area contributed by atoms with E-state index in [9.17, 15) is 9.90 Å². The van der Waals surface area contributed by atoms with Gasteiger partial charge in [-0.2, -0.15) is 0 Å². The summed E-state index contributed by atoms with van der Waals surface area (Å²) in [6, 6.07) is 8.74. The molecule has 1 heterocycles. The van der Waals surface area contributed by atoms with Crippen LogP contribution in [-0.4, -0.2) is 53.7 Å². The Morgan fingerprint density at radius 1 is 1.43 bits per heavy atom. The van der Waals surface area contributed by atoms with E-state index < -0.39 is 18.2 Å². The second-order valence-corrected chi connectivity index (χ2v) is 5.60. The second-order valence-electron chi connectivity index (χ2n) is 5.60. The third-order valence-corrected chi connectivity index (χ3v) is 3.91. The molecule has 1 aliphatic rings. The molecule has 5 nitrogen and oxygen atoms in total. The van der Waals surface area contributed by atoms with Crippen molar-refractivity contribution in [1.29, 1.82) is 0 Å². The Hall–Kier alpha value is -1.43. The minimum Gasteiger partial charge on any atom is -0.389 e. The van der Waals surface area contributed by atoms with Crippen LogP contribution in [0.2, 0.25) is 0 Å². The predicted octanol–water partition coefficient (Wildman–Crippen LogP) is 0.128. The third-order valence-electron chi connectivity index (χ3n) is 3.91. The fraction of sp³-hybridized carbons (Fsp3) is 0.562. The van der Waals surface area contributed by atoms with E-state index in [0.29, 0.717) is 19.5 Å². The van der Waals surface area contributed by atoms with Crippen LogP contribution in [0.25, 0.3) is 0 Å². The van der Waals surface area contributed by atoms with Gasteiger partial charge in [-0.25, -0.2) is 0 Å². The quantitative estimate of drug-likeness (QED) is 0.696. The van der Waals surface area contributed by atoms with Crippen LogP contribution in [-0.2, 0) is 11.2 Å². The number of aliphatic hydroxyl groups is 1. The van der Waals surface area contributed by atoms with Crippen molar-refractivity contribution in [2.45, 2.75) is 38.0 Å². The number of nitrogens with zero attached hydrogens (tertiary/aromatic N) is 1. The normalized spacial score (nSPS) is 22.1. The number of hydrogen-bond donors (Lipinski definition) is 3. The van der Waals surface area contributed by atoms with Crippen molar-refractivity contribution < 1.29 is 9.90 Å². The minimum atomic E-state index is -0.877. The number of carbonyl (C=O) groups excluding carboxylic acids is 1. The molecule has 2 rings (SSSR count). The summed E-state index contributed by atoms with van der Waals surface area (Å²) < 4.78 is 0. The highest BCUT2D eigenvalue weighted by Crippen LogP contribution is 2.12. The molecule has 0 bridgehead atoms. The van der Waals surface area contributed by atoms with E-state index in [2.05, 4.69) is 5.32 Å². The van der Waals surface area contributed by atoms with Crippen molar-refractivity contribution in [2.75, 3.05) is 19.6 Å². The average molecular weight is 291 g/mol. The number of benzene rings is 1. The molecule has 0 saturated carbocycles. The SMILES string of the molecule is CCCN1CCN[C@@H]([C@@H](O)[C@@H](N)Cc2ccccc2)C1=O. The number of carbonyl (C=O) groups is 1. The molecule has 0 aliphatic carbocycles. The molecule has 1 aliphatic heterocycles. The lowest BCUT2D eigenvalue weighted by Gasteiger charge is -2.36. The summed E-state index contributed by atoms with van der Waals surface area (Å²) in [6.45, 7) is 4.18. The zero-order valence-electron chi connectivity index (χ0n) is 12.5. The molecule has 4 N–H and O–H groups in total. The lowest BCUT2D eigenvalue weighted by molar-refractivity contribution is -0.139. The summed E-state index contributed by atoms with van der Waals surface area (Å²) in [5.41, 5.74) is 7.17. The van der Waals surface area contributed by atoms with Crippen molar-refractivity contribution >= 4 is 5.91 Å². The summed E-state index contributed by atoms with van der Waals surface area (Å²) >= 11 is 0. The smallest absolute Gasteiger partial charge is 0.242 e. The lowest BCUT2D eigenvalue weighted by Crippen LogP contribution is -2.63. The molecule has 1 aromatic rings. The first-order chi connectivity index (χ1) is 10.1.